The van der Waals surface area contributed by atoms with Gasteiger partial charge in [0.25, 0.3) is 0 Å². The van der Waals surface area contributed by atoms with Crippen LogP contribution in [0.5, 0.6) is 0 Å². The molecule has 10 heavy (non-hydrogen) atoms. The van der Waals surface area contributed by atoms with Gasteiger partial charge in [-0.25, -0.2) is 0 Å². The molecule has 0 unspecified atom stereocenters. The summed E-state index contributed by atoms with van der Waals surface area (Å²) in [6, 6.07) is 0. The van der Waals surface area contributed by atoms with E-state index in [1.165, 1.54) is 32.4 Å². The molecule has 2 rings (SSSR count). The maximum absolute atomic E-state index is 8.62. The number of hydrogen-bond acceptors (Lipinski definition) is 2. The fourth-order valence-electron chi connectivity index (χ4n) is 2.19. The number of nitrogens with zero attached hydrogens (tertiary/aromatic N) is 1. The summed E-state index contributed by atoms with van der Waals surface area (Å²) in [4.78, 5) is 2.35. The summed E-state index contributed by atoms with van der Waals surface area (Å²) in [6.45, 7) is 3.74. The van der Waals surface area contributed by atoms with Crippen LogP contribution in [0.25, 0.3) is 0 Å². The molecule has 0 aromatic carbocycles. The molecule has 0 bridgehead atoms. The summed E-state index contributed by atoms with van der Waals surface area (Å²) in [6.07, 6.45) is 4.32. The molecule has 1 aliphatic carbocycles. The molecule has 58 valence electrons. The number of likely N-dealkylation sites (tertiary alicyclic amines) is 1. The fourth-order valence-corrected chi connectivity index (χ4v) is 2.19. The molecule has 0 amide bonds. The summed E-state index contributed by atoms with van der Waals surface area (Å²) >= 11 is 0. The van der Waals surface area contributed by atoms with Gasteiger partial charge in [0.2, 0.25) is 0 Å². The summed E-state index contributed by atoms with van der Waals surface area (Å²) < 4.78 is 0. The van der Waals surface area contributed by atoms with Crippen LogP contribution in [0.3, 0.4) is 0 Å². The molecular weight excluding hydrogens is 126 g/mol. The van der Waals surface area contributed by atoms with Crippen LogP contribution < -0.4 is 0 Å². The van der Waals surface area contributed by atoms with Crippen LogP contribution in [0.1, 0.15) is 19.3 Å². The third kappa shape index (κ3) is 0.867. The normalized spacial score (nSPS) is 29.7. The molecule has 0 aromatic rings. The van der Waals surface area contributed by atoms with E-state index in [1.54, 1.807) is 0 Å². The van der Waals surface area contributed by atoms with Crippen LogP contribution in [-0.4, -0.2) is 36.2 Å². The molecule has 1 N–H and O–H groups in total. The quantitative estimate of drug-likeness (QED) is 0.604. The molecule has 0 aromatic heterocycles. The molecule has 2 aliphatic rings. The van der Waals surface area contributed by atoms with Gasteiger partial charge < -0.3 is 5.11 Å². The van der Waals surface area contributed by atoms with Gasteiger partial charge in [-0.15, -0.1) is 0 Å². The SMILES string of the molecule is OCCN1CC2(CCC2)C1. The molecular formula is C8H15NO. The van der Waals surface area contributed by atoms with Crippen molar-refractivity contribution in [3.05, 3.63) is 0 Å². The molecule has 2 heteroatoms. The van der Waals surface area contributed by atoms with Gasteiger partial charge in [0.05, 0.1) is 6.61 Å². The summed E-state index contributed by atoms with van der Waals surface area (Å²) in [5, 5.41) is 8.62. The van der Waals surface area contributed by atoms with Gasteiger partial charge in [-0.05, 0) is 18.3 Å². The van der Waals surface area contributed by atoms with E-state index in [0.29, 0.717) is 6.61 Å². The lowest BCUT2D eigenvalue weighted by molar-refractivity contribution is -0.0648. The highest BCUT2D eigenvalue weighted by Gasteiger charge is 2.46. The number of hydrogen-bond donors (Lipinski definition) is 1. The van der Waals surface area contributed by atoms with E-state index >= 15 is 0 Å². The lowest BCUT2D eigenvalue weighted by atomic mass is 9.63. The molecule has 0 radical (unpaired) electrons. The van der Waals surface area contributed by atoms with Crippen molar-refractivity contribution in [2.75, 3.05) is 26.2 Å². The minimum atomic E-state index is 0.329. The monoisotopic (exact) mass is 141 g/mol. The molecule has 2 nitrogen and oxygen atoms in total. The van der Waals surface area contributed by atoms with Gasteiger partial charge in [0, 0.05) is 19.6 Å². The van der Waals surface area contributed by atoms with Crippen LogP contribution in [0, 0.1) is 5.41 Å². The molecule has 1 spiro atoms. The Hall–Kier alpha value is -0.0800. The predicted molar refractivity (Wildman–Crippen MR) is 39.8 cm³/mol. The topological polar surface area (TPSA) is 23.5 Å². The van der Waals surface area contributed by atoms with Crippen molar-refractivity contribution >= 4 is 0 Å². The van der Waals surface area contributed by atoms with E-state index in [1.807, 2.05) is 0 Å². The van der Waals surface area contributed by atoms with Crippen molar-refractivity contribution in [3.63, 3.8) is 0 Å². The second kappa shape index (κ2) is 2.21. The zero-order valence-electron chi connectivity index (χ0n) is 6.34. The lowest BCUT2D eigenvalue weighted by Gasteiger charge is -2.56. The van der Waals surface area contributed by atoms with Crippen molar-refractivity contribution in [3.8, 4) is 0 Å². The third-order valence-electron chi connectivity index (χ3n) is 2.95. The largest absolute Gasteiger partial charge is 0.395 e. The molecule has 1 saturated carbocycles. The predicted octanol–water partition coefficient (Wildman–Crippen LogP) is 0.465. The first kappa shape index (κ1) is 6.62. The van der Waals surface area contributed by atoms with Crippen molar-refractivity contribution in [1.29, 1.82) is 0 Å². The van der Waals surface area contributed by atoms with Crippen LogP contribution in [0.2, 0.25) is 0 Å². The number of rotatable bonds is 2. The van der Waals surface area contributed by atoms with E-state index in [0.717, 1.165) is 12.0 Å². The smallest absolute Gasteiger partial charge is 0.0558 e. The first-order valence-corrected chi connectivity index (χ1v) is 4.18. The highest BCUT2D eigenvalue weighted by atomic mass is 16.3. The minimum absolute atomic E-state index is 0.329. The maximum atomic E-state index is 8.62. The van der Waals surface area contributed by atoms with Gasteiger partial charge in [0.15, 0.2) is 0 Å². The Bertz CT molecular complexity index is 123. The zero-order chi connectivity index (χ0) is 7.03. The Labute approximate surface area is 61.8 Å². The number of aliphatic hydroxyl groups is 1. The van der Waals surface area contributed by atoms with Crippen LogP contribution in [0.15, 0.2) is 0 Å². The molecule has 1 aliphatic heterocycles. The maximum Gasteiger partial charge on any atom is 0.0558 e. The van der Waals surface area contributed by atoms with E-state index in [-0.39, 0.29) is 0 Å². The summed E-state index contributed by atoms with van der Waals surface area (Å²) in [5.41, 5.74) is 0.731. The standard InChI is InChI=1S/C8H15NO/c10-5-4-9-6-8(7-9)2-1-3-8/h10H,1-7H2. The average molecular weight is 141 g/mol. The zero-order valence-corrected chi connectivity index (χ0v) is 6.34. The Morgan fingerprint density at radius 1 is 1.30 bits per heavy atom. The van der Waals surface area contributed by atoms with Gasteiger partial charge >= 0.3 is 0 Å². The summed E-state index contributed by atoms with van der Waals surface area (Å²) in [7, 11) is 0. The van der Waals surface area contributed by atoms with E-state index in [9.17, 15) is 0 Å². The molecule has 1 heterocycles. The molecule has 2 fully saturated rings. The highest BCUT2D eigenvalue weighted by molar-refractivity contribution is 4.99. The number of aliphatic hydroxyl groups excluding tert-OH is 1. The number of β-amino-alcohol motifs (C(OH)–C–C–N with tert-alkyl or cyclic N) is 1. The van der Waals surface area contributed by atoms with Crippen LogP contribution in [-0.2, 0) is 0 Å². The Kier molecular flexibility index (Phi) is 1.46. The second-order valence-electron chi connectivity index (χ2n) is 3.79. The summed E-state index contributed by atoms with van der Waals surface area (Å²) in [5.74, 6) is 0. The second-order valence-corrected chi connectivity index (χ2v) is 3.79. The van der Waals surface area contributed by atoms with Crippen molar-refractivity contribution in [2.24, 2.45) is 5.41 Å². The highest BCUT2D eigenvalue weighted by Crippen LogP contribution is 2.47. The Morgan fingerprint density at radius 2 is 2.00 bits per heavy atom. The fraction of sp³-hybridized carbons (Fsp3) is 1.00. The Balaban J connectivity index is 1.72. The first-order chi connectivity index (χ1) is 4.85. The van der Waals surface area contributed by atoms with Crippen molar-refractivity contribution in [1.82, 2.24) is 4.90 Å². The first-order valence-electron chi connectivity index (χ1n) is 4.18. The van der Waals surface area contributed by atoms with Crippen LogP contribution >= 0.6 is 0 Å². The lowest BCUT2D eigenvalue weighted by Crippen LogP contribution is -2.60. The van der Waals surface area contributed by atoms with E-state index in [4.69, 9.17) is 5.11 Å². The molecule has 1 saturated heterocycles. The molecule has 0 atom stereocenters. The minimum Gasteiger partial charge on any atom is -0.395 e. The van der Waals surface area contributed by atoms with E-state index < -0.39 is 0 Å². The van der Waals surface area contributed by atoms with Gasteiger partial charge in [-0.1, -0.05) is 6.42 Å². The van der Waals surface area contributed by atoms with Crippen LogP contribution in [0.4, 0.5) is 0 Å². The average Bonchev–Trinajstić information content (AvgIpc) is 1.72. The third-order valence-corrected chi connectivity index (χ3v) is 2.95. The van der Waals surface area contributed by atoms with E-state index in [2.05, 4.69) is 4.90 Å². The van der Waals surface area contributed by atoms with Gasteiger partial charge in [0.1, 0.15) is 0 Å². The van der Waals surface area contributed by atoms with Gasteiger partial charge in [-0.3, -0.25) is 4.90 Å². The van der Waals surface area contributed by atoms with Gasteiger partial charge in [-0.2, -0.15) is 0 Å². The van der Waals surface area contributed by atoms with Crippen molar-refractivity contribution in [2.45, 2.75) is 19.3 Å². The van der Waals surface area contributed by atoms with Crippen molar-refractivity contribution < 1.29 is 5.11 Å². The Morgan fingerprint density at radius 3 is 2.40 bits per heavy atom.